The molecular formula is C12H17N3. The molecule has 1 atom stereocenters. The van der Waals surface area contributed by atoms with Crippen LogP contribution in [0.15, 0.2) is 12.5 Å². The number of nitrogens with zero attached hydrogens (tertiary/aromatic N) is 2. The van der Waals surface area contributed by atoms with Gasteiger partial charge in [0.15, 0.2) is 0 Å². The molecule has 0 aromatic carbocycles. The van der Waals surface area contributed by atoms with Crippen LogP contribution in [0.3, 0.4) is 0 Å². The van der Waals surface area contributed by atoms with E-state index in [2.05, 4.69) is 26.7 Å². The fourth-order valence-electron chi connectivity index (χ4n) is 2.07. The van der Waals surface area contributed by atoms with Crippen molar-refractivity contribution in [3.8, 4) is 11.8 Å². The van der Waals surface area contributed by atoms with Gasteiger partial charge in [-0.25, -0.2) is 4.98 Å². The average Bonchev–Trinajstić information content (AvgIpc) is 2.75. The maximum atomic E-state index is 4.22. The molecule has 2 rings (SSSR count). The van der Waals surface area contributed by atoms with E-state index in [0.717, 1.165) is 19.6 Å². The second kappa shape index (κ2) is 4.99. The smallest absolute Gasteiger partial charge is 0.0956 e. The van der Waals surface area contributed by atoms with Gasteiger partial charge in [0.1, 0.15) is 0 Å². The predicted octanol–water partition coefficient (Wildman–Crippen LogP) is 1.37. The van der Waals surface area contributed by atoms with Gasteiger partial charge in [0, 0.05) is 24.4 Å². The zero-order valence-corrected chi connectivity index (χ0v) is 9.16. The van der Waals surface area contributed by atoms with Gasteiger partial charge in [0.2, 0.25) is 0 Å². The monoisotopic (exact) mass is 203 g/mol. The van der Waals surface area contributed by atoms with Crippen molar-refractivity contribution in [2.75, 3.05) is 13.1 Å². The van der Waals surface area contributed by atoms with Crippen molar-refractivity contribution < 1.29 is 0 Å². The Morgan fingerprint density at radius 2 is 2.60 bits per heavy atom. The Kier molecular flexibility index (Phi) is 3.41. The molecule has 80 valence electrons. The molecular weight excluding hydrogens is 186 g/mol. The highest BCUT2D eigenvalue weighted by atomic mass is 15.0. The topological polar surface area (TPSA) is 29.9 Å². The van der Waals surface area contributed by atoms with Crippen molar-refractivity contribution in [2.24, 2.45) is 0 Å². The summed E-state index contributed by atoms with van der Waals surface area (Å²) < 4.78 is 2.16. The van der Waals surface area contributed by atoms with E-state index in [4.69, 9.17) is 0 Å². The molecule has 3 nitrogen and oxygen atoms in total. The molecule has 1 aromatic rings. The number of nitrogens with one attached hydrogen (secondary N) is 1. The van der Waals surface area contributed by atoms with Crippen LogP contribution in [-0.2, 0) is 6.54 Å². The van der Waals surface area contributed by atoms with Crippen molar-refractivity contribution in [3.05, 3.63) is 18.2 Å². The van der Waals surface area contributed by atoms with E-state index in [1.54, 1.807) is 0 Å². The van der Waals surface area contributed by atoms with E-state index in [1.807, 2.05) is 19.4 Å². The molecule has 1 N–H and O–H groups in total. The number of imidazole rings is 1. The summed E-state index contributed by atoms with van der Waals surface area (Å²) in [7, 11) is 0. The molecule has 3 heteroatoms. The predicted molar refractivity (Wildman–Crippen MR) is 60.5 cm³/mol. The Balaban J connectivity index is 2.11. The van der Waals surface area contributed by atoms with Crippen LogP contribution in [0, 0.1) is 11.8 Å². The lowest BCUT2D eigenvalue weighted by atomic mass is 9.96. The third kappa shape index (κ3) is 2.40. The Bertz CT molecular complexity index is 364. The van der Waals surface area contributed by atoms with Crippen LogP contribution >= 0.6 is 0 Å². The number of hydrogen-bond donors (Lipinski definition) is 1. The summed E-state index contributed by atoms with van der Waals surface area (Å²) in [6.45, 7) is 4.87. The van der Waals surface area contributed by atoms with Crippen LogP contribution in [0.2, 0.25) is 0 Å². The standard InChI is InChI=1S/C12H17N3/c1-2-3-7-15-10-14-9-12(15)11-5-4-6-13-8-11/h9-11,13H,4-8H2,1H3. The largest absolute Gasteiger partial charge is 0.323 e. The summed E-state index contributed by atoms with van der Waals surface area (Å²) in [5.41, 5.74) is 1.32. The molecule has 2 heterocycles. The van der Waals surface area contributed by atoms with E-state index in [1.165, 1.54) is 18.5 Å². The maximum Gasteiger partial charge on any atom is 0.0956 e. The first-order valence-electron chi connectivity index (χ1n) is 5.52. The van der Waals surface area contributed by atoms with Gasteiger partial charge >= 0.3 is 0 Å². The fourth-order valence-corrected chi connectivity index (χ4v) is 2.07. The number of aromatic nitrogens is 2. The Hall–Kier alpha value is -1.27. The molecule has 1 aliphatic heterocycles. The molecule has 1 aromatic heterocycles. The molecule has 1 unspecified atom stereocenters. The van der Waals surface area contributed by atoms with Crippen LogP contribution in [0.1, 0.15) is 31.4 Å². The third-order valence-electron chi connectivity index (χ3n) is 2.89. The van der Waals surface area contributed by atoms with Crippen molar-refractivity contribution in [2.45, 2.75) is 32.2 Å². The van der Waals surface area contributed by atoms with Crippen LogP contribution < -0.4 is 5.32 Å². The van der Waals surface area contributed by atoms with Crippen LogP contribution in [-0.4, -0.2) is 22.6 Å². The summed E-state index contributed by atoms with van der Waals surface area (Å²) in [4.78, 5) is 4.22. The van der Waals surface area contributed by atoms with Crippen LogP contribution in [0.25, 0.3) is 0 Å². The Labute approximate surface area is 90.9 Å². The second-order valence-electron chi connectivity index (χ2n) is 3.92. The average molecular weight is 203 g/mol. The van der Waals surface area contributed by atoms with Gasteiger partial charge in [-0.2, -0.15) is 0 Å². The minimum absolute atomic E-state index is 0.611. The van der Waals surface area contributed by atoms with Gasteiger partial charge in [-0.1, -0.05) is 5.92 Å². The maximum absolute atomic E-state index is 4.22. The molecule has 1 aliphatic rings. The first-order valence-corrected chi connectivity index (χ1v) is 5.52. The summed E-state index contributed by atoms with van der Waals surface area (Å²) in [6.07, 6.45) is 6.39. The van der Waals surface area contributed by atoms with Crippen molar-refractivity contribution in [3.63, 3.8) is 0 Å². The molecule has 0 saturated carbocycles. The summed E-state index contributed by atoms with van der Waals surface area (Å²) in [5.74, 6) is 6.62. The zero-order chi connectivity index (χ0) is 10.5. The molecule has 1 saturated heterocycles. The second-order valence-corrected chi connectivity index (χ2v) is 3.92. The molecule has 1 fully saturated rings. The van der Waals surface area contributed by atoms with Crippen molar-refractivity contribution >= 4 is 0 Å². The van der Waals surface area contributed by atoms with E-state index in [-0.39, 0.29) is 0 Å². The highest BCUT2D eigenvalue weighted by Gasteiger charge is 2.18. The normalized spacial score (nSPS) is 20.7. The molecule has 15 heavy (non-hydrogen) atoms. The molecule has 0 aliphatic carbocycles. The highest BCUT2D eigenvalue weighted by Crippen LogP contribution is 2.22. The fraction of sp³-hybridized carbons (Fsp3) is 0.583. The quantitative estimate of drug-likeness (QED) is 0.736. The van der Waals surface area contributed by atoms with Gasteiger partial charge in [0.05, 0.1) is 12.9 Å². The zero-order valence-electron chi connectivity index (χ0n) is 9.16. The lowest BCUT2D eigenvalue weighted by Crippen LogP contribution is -2.29. The molecule has 0 bridgehead atoms. The van der Waals surface area contributed by atoms with Gasteiger partial charge in [-0.05, 0) is 26.3 Å². The lowest BCUT2D eigenvalue weighted by molar-refractivity contribution is 0.445. The summed E-state index contributed by atoms with van der Waals surface area (Å²) in [5, 5.41) is 3.43. The third-order valence-corrected chi connectivity index (χ3v) is 2.89. The first-order chi connectivity index (χ1) is 7.42. The van der Waals surface area contributed by atoms with Crippen molar-refractivity contribution in [1.82, 2.24) is 14.9 Å². The molecule has 0 spiro atoms. The van der Waals surface area contributed by atoms with Gasteiger partial charge in [0.25, 0.3) is 0 Å². The molecule has 0 radical (unpaired) electrons. The summed E-state index contributed by atoms with van der Waals surface area (Å²) >= 11 is 0. The first kappa shape index (κ1) is 10.3. The van der Waals surface area contributed by atoms with E-state index in [0.29, 0.717) is 5.92 Å². The molecule has 0 amide bonds. The van der Waals surface area contributed by atoms with Crippen LogP contribution in [0.4, 0.5) is 0 Å². The lowest BCUT2D eigenvalue weighted by Gasteiger charge is -2.23. The minimum Gasteiger partial charge on any atom is -0.323 e. The van der Waals surface area contributed by atoms with Gasteiger partial charge in [-0.15, -0.1) is 5.92 Å². The SMILES string of the molecule is CC#CCn1cncc1C1CCCNC1. The Morgan fingerprint density at radius 1 is 1.67 bits per heavy atom. The van der Waals surface area contributed by atoms with E-state index < -0.39 is 0 Å². The summed E-state index contributed by atoms with van der Waals surface area (Å²) in [6, 6.07) is 0. The highest BCUT2D eigenvalue weighted by molar-refractivity contribution is 5.10. The van der Waals surface area contributed by atoms with E-state index >= 15 is 0 Å². The number of piperidine rings is 1. The van der Waals surface area contributed by atoms with Gasteiger partial charge in [-0.3, -0.25) is 0 Å². The Morgan fingerprint density at radius 3 is 3.33 bits per heavy atom. The van der Waals surface area contributed by atoms with Gasteiger partial charge < -0.3 is 9.88 Å². The van der Waals surface area contributed by atoms with Crippen molar-refractivity contribution in [1.29, 1.82) is 0 Å². The van der Waals surface area contributed by atoms with E-state index in [9.17, 15) is 0 Å². The number of rotatable bonds is 2. The van der Waals surface area contributed by atoms with Crippen LogP contribution in [0.5, 0.6) is 0 Å². The number of hydrogen-bond acceptors (Lipinski definition) is 2. The minimum atomic E-state index is 0.611.